The maximum Gasteiger partial charge on any atom is 0.534 e. The van der Waals surface area contributed by atoms with Gasteiger partial charge < -0.3 is 8.60 Å². The van der Waals surface area contributed by atoms with Crippen LogP contribution in [0.3, 0.4) is 0 Å². The Kier molecular flexibility index (Phi) is 2.92. The molecule has 1 aromatic carbocycles. The van der Waals surface area contributed by atoms with Gasteiger partial charge in [-0.3, -0.25) is 0 Å². The second kappa shape index (κ2) is 4.08. The van der Waals surface area contributed by atoms with Crippen molar-refractivity contribution in [1.82, 2.24) is 0 Å². The molecule has 0 amide bonds. The molecule has 0 saturated heterocycles. The van der Waals surface area contributed by atoms with E-state index in [-0.39, 0.29) is 0 Å². The Hall–Kier alpha value is -1.84. The molecule has 0 aliphatic carbocycles. The quantitative estimate of drug-likeness (QED) is 0.486. The summed E-state index contributed by atoms with van der Waals surface area (Å²) in [4.78, 5) is 0. The zero-order valence-corrected chi connectivity index (χ0v) is 9.48. The van der Waals surface area contributed by atoms with Crippen LogP contribution in [0.15, 0.2) is 22.8 Å². The summed E-state index contributed by atoms with van der Waals surface area (Å²) in [7, 11) is -5.94. The molecular weight excluding hydrogens is 299 g/mol. The van der Waals surface area contributed by atoms with Crippen LogP contribution in [0.2, 0.25) is 0 Å². The number of rotatable bonds is 2. The van der Waals surface area contributed by atoms with Crippen molar-refractivity contribution in [3.63, 3.8) is 0 Å². The first-order chi connectivity index (χ1) is 8.62. The molecule has 0 aliphatic heterocycles. The average Bonchev–Trinajstić information content (AvgIpc) is 2.59. The van der Waals surface area contributed by atoms with Gasteiger partial charge in [-0.05, 0) is 6.07 Å². The number of benzene rings is 1. The first-order valence-corrected chi connectivity index (χ1v) is 5.89. The minimum atomic E-state index is -5.94. The monoisotopic (exact) mass is 302 g/mol. The highest BCUT2D eigenvalue weighted by atomic mass is 32.2. The predicted molar refractivity (Wildman–Crippen MR) is 51.7 cm³/mol. The van der Waals surface area contributed by atoms with Gasteiger partial charge in [0.2, 0.25) is 0 Å². The molecule has 0 spiro atoms. The Balaban J connectivity index is 2.54. The van der Waals surface area contributed by atoms with Crippen LogP contribution in [0.5, 0.6) is 5.75 Å². The maximum atomic E-state index is 13.2. The number of hydrogen-bond acceptors (Lipinski definition) is 4. The molecule has 0 fully saturated rings. The van der Waals surface area contributed by atoms with Gasteiger partial charge in [-0.2, -0.15) is 21.6 Å². The lowest BCUT2D eigenvalue weighted by molar-refractivity contribution is -0.0499. The molecule has 0 atom stereocenters. The van der Waals surface area contributed by atoms with Crippen LogP contribution < -0.4 is 4.18 Å². The van der Waals surface area contributed by atoms with E-state index in [1.807, 2.05) is 0 Å². The summed E-state index contributed by atoms with van der Waals surface area (Å²) in [5, 5.41) is -0.565. The number of alkyl halides is 3. The summed E-state index contributed by atoms with van der Waals surface area (Å²) in [5.41, 5.74) is -6.28. The van der Waals surface area contributed by atoms with Crippen molar-refractivity contribution in [3.8, 4) is 5.75 Å². The van der Waals surface area contributed by atoms with E-state index < -0.39 is 44.0 Å². The van der Waals surface area contributed by atoms with Crippen molar-refractivity contribution >= 4 is 21.1 Å². The molecule has 1 aromatic heterocycles. The lowest BCUT2D eigenvalue weighted by Crippen LogP contribution is -2.27. The summed E-state index contributed by atoms with van der Waals surface area (Å²) in [6, 6.07) is 1.01. The third-order valence-corrected chi connectivity index (χ3v) is 3.01. The van der Waals surface area contributed by atoms with Crippen LogP contribution >= 0.6 is 0 Å². The molecule has 2 aromatic rings. The minimum Gasteiger partial charge on any atom is -0.457 e. The highest BCUT2D eigenvalue weighted by Crippen LogP contribution is 2.34. The van der Waals surface area contributed by atoms with Gasteiger partial charge in [-0.15, -0.1) is 0 Å². The molecule has 0 radical (unpaired) electrons. The molecule has 0 N–H and O–H groups in total. The molecule has 10 heteroatoms. The first-order valence-electron chi connectivity index (χ1n) is 4.49. The normalized spacial score (nSPS) is 12.9. The molecule has 4 nitrogen and oxygen atoms in total. The fourth-order valence-corrected chi connectivity index (χ4v) is 1.73. The molecule has 0 saturated carbocycles. The molecule has 0 bridgehead atoms. The summed E-state index contributed by atoms with van der Waals surface area (Å²) in [6.07, 6.45) is 0.441. The molecule has 0 unspecified atom stereocenters. The van der Waals surface area contributed by atoms with E-state index in [0.717, 1.165) is 0 Å². The van der Waals surface area contributed by atoms with Gasteiger partial charge >= 0.3 is 15.6 Å². The van der Waals surface area contributed by atoms with E-state index in [9.17, 15) is 30.4 Å². The van der Waals surface area contributed by atoms with Crippen molar-refractivity contribution in [2.75, 3.05) is 0 Å². The fourth-order valence-electron chi connectivity index (χ4n) is 1.27. The van der Waals surface area contributed by atoms with Gasteiger partial charge in [-0.25, -0.2) is 8.78 Å². The van der Waals surface area contributed by atoms with Gasteiger partial charge in [0, 0.05) is 6.07 Å². The molecule has 0 aliphatic rings. The second-order valence-electron chi connectivity index (χ2n) is 3.35. The zero-order chi connectivity index (χ0) is 14.4. The minimum absolute atomic E-state index is 0.424. The molecular formula is C9H3F5O4S. The Morgan fingerprint density at radius 1 is 1.16 bits per heavy atom. The van der Waals surface area contributed by atoms with E-state index in [1.165, 1.54) is 0 Å². The largest absolute Gasteiger partial charge is 0.534 e. The van der Waals surface area contributed by atoms with Crippen molar-refractivity contribution in [3.05, 3.63) is 30.0 Å². The van der Waals surface area contributed by atoms with E-state index >= 15 is 0 Å². The van der Waals surface area contributed by atoms with E-state index in [4.69, 9.17) is 0 Å². The molecule has 19 heavy (non-hydrogen) atoms. The smallest absolute Gasteiger partial charge is 0.457 e. The predicted octanol–water partition coefficient (Wildman–Crippen LogP) is 2.94. The second-order valence-corrected chi connectivity index (χ2v) is 4.89. The lowest BCUT2D eigenvalue weighted by Gasteiger charge is -2.07. The van der Waals surface area contributed by atoms with Crippen LogP contribution in [0.1, 0.15) is 0 Å². The number of hydrogen-bond donors (Lipinski definition) is 0. The number of furan rings is 1. The molecule has 2 rings (SSSR count). The standard InChI is InChI=1S/C9H3F5O4S/c10-4-1-5-7(3-17-8(5)6(11)2-4)18-19(15,16)9(12,13)14/h1-3H. The van der Waals surface area contributed by atoms with E-state index in [2.05, 4.69) is 8.60 Å². The molecule has 1 heterocycles. The Morgan fingerprint density at radius 2 is 1.79 bits per heavy atom. The highest BCUT2D eigenvalue weighted by Gasteiger charge is 2.49. The van der Waals surface area contributed by atoms with Crippen molar-refractivity contribution < 1.29 is 39.0 Å². The third-order valence-electron chi connectivity index (χ3n) is 2.04. The third kappa shape index (κ3) is 2.35. The van der Waals surface area contributed by atoms with Gasteiger partial charge in [-0.1, -0.05) is 0 Å². The maximum absolute atomic E-state index is 13.2. The Morgan fingerprint density at radius 3 is 2.37 bits per heavy atom. The summed E-state index contributed by atoms with van der Waals surface area (Å²) >= 11 is 0. The average molecular weight is 302 g/mol. The van der Waals surface area contributed by atoms with Gasteiger partial charge in [0.25, 0.3) is 0 Å². The van der Waals surface area contributed by atoms with Crippen molar-refractivity contribution in [2.45, 2.75) is 5.51 Å². The Bertz CT molecular complexity index is 731. The van der Waals surface area contributed by atoms with Crippen molar-refractivity contribution in [1.29, 1.82) is 0 Å². The van der Waals surface area contributed by atoms with Gasteiger partial charge in [0.1, 0.15) is 12.1 Å². The molecule has 104 valence electrons. The van der Waals surface area contributed by atoms with Crippen LogP contribution in [-0.2, 0) is 10.1 Å². The highest BCUT2D eigenvalue weighted by molar-refractivity contribution is 7.88. The van der Waals surface area contributed by atoms with Crippen LogP contribution in [0.4, 0.5) is 22.0 Å². The van der Waals surface area contributed by atoms with Crippen LogP contribution in [0.25, 0.3) is 11.0 Å². The number of halogens is 5. The SMILES string of the molecule is O=S(=O)(Oc1coc2c(F)cc(F)cc12)C(F)(F)F. The van der Waals surface area contributed by atoms with E-state index in [1.54, 1.807) is 0 Å². The summed E-state index contributed by atoms with van der Waals surface area (Å²) < 4.78 is 92.1. The van der Waals surface area contributed by atoms with Crippen LogP contribution in [-0.4, -0.2) is 13.9 Å². The fraction of sp³-hybridized carbons (Fsp3) is 0.111. The summed E-state index contributed by atoms with van der Waals surface area (Å²) in [5.74, 6) is -3.28. The van der Waals surface area contributed by atoms with Crippen molar-refractivity contribution in [2.24, 2.45) is 0 Å². The summed E-state index contributed by atoms with van der Waals surface area (Å²) in [6.45, 7) is 0. The van der Waals surface area contributed by atoms with E-state index in [0.29, 0.717) is 18.4 Å². The van der Waals surface area contributed by atoms with Crippen LogP contribution in [0, 0.1) is 11.6 Å². The number of fused-ring (bicyclic) bond motifs is 1. The van der Waals surface area contributed by atoms with Gasteiger partial charge in [0.15, 0.2) is 17.1 Å². The lowest BCUT2D eigenvalue weighted by atomic mass is 10.2. The topological polar surface area (TPSA) is 56.5 Å². The zero-order valence-electron chi connectivity index (χ0n) is 8.66. The Labute approximate surface area is 102 Å². The van der Waals surface area contributed by atoms with Gasteiger partial charge in [0.05, 0.1) is 5.39 Å². The first kappa shape index (κ1) is 13.6.